The Morgan fingerprint density at radius 3 is 2.54 bits per heavy atom. The summed E-state index contributed by atoms with van der Waals surface area (Å²) in [7, 11) is 0. The number of hydrogen-bond acceptors (Lipinski definition) is 4. The second kappa shape index (κ2) is 3.53. The molecule has 0 saturated heterocycles. The van der Waals surface area contributed by atoms with Crippen LogP contribution in [0.3, 0.4) is 0 Å². The van der Waals surface area contributed by atoms with Crippen LogP contribution in [0.25, 0.3) is 0 Å². The van der Waals surface area contributed by atoms with E-state index in [1.54, 1.807) is 5.32 Å². The first-order chi connectivity index (χ1) is 6.11. The fourth-order valence-corrected chi connectivity index (χ4v) is 0.688. The van der Waals surface area contributed by atoms with Crippen LogP contribution < -0.4 is 11.1 Å². The summed E-state index contributed by atoms with van der Waals surface area (Å²) in [6.45, 7) is 0. The normalized spacial score (nSPS) is 9.23. The standard InChI is InChI=1S/C7H6N2O4/c8-7(12)9-6(11)5(10)4-2-1-3-13-4/h1-3H,(H3,8,9,11,12). The number of primary amides is 1. The van der Waals surface area contributed by atoms with E-state index in [2.05, 4.69) is 10.2 Å². The first kappa shape index (κ1) is 8.98. The number of amides is 3. The van der Waals surface area contributed by atoms with Crippen LogP contribution in [-0.2, 0) is 4.79 Å². The van der Waals surface area contributed by atoms with Gasteiger partial charge >= 0.3 is 11.9 Å². The van der Waals surface area contributed by atoms with E-state index < -0.39 is 17.7 Å². The third-order valence-electron chi connectivity index (χ3n) is 1.19. The van der Waals surface area contributed by atoms with Crippen LogP contribution in [0.5, 0.6) is 0 Å². The van der Waals surface area contributed by atoms with Gasteiger partial charge in [0.25, 0.3) is 5.78 Å². The van der Waals surface area contributed by atoms with Gasteiger partial charge in [-0.3, -0.25) is 14.9 Å². The monoisotopic (exact) mass is 182 g/mol. The highest BCUT2D eigenvalue weighted by molar-refractivity contribution is 6.43. The Morgan fingerprint density at radius 1 is 1.38 bits per heavy atom. The summed E-state index contributed by atoms with van der Waals surface area (Å²) in [5.41, 5.74) is 4.63. The molecule has 0 bridgehead atoms. The molecule has 1 aromatic rings. The van der Waals surface area contributed by atoms with E-state index in [9.17, 15) is 14.4 Å². The summed E-state index contributed by atoms with van der Waals surface area (Å²) in [5, 5.41) is 1.62. The third-order valence-corrected chi connectivity index (χ3v) is 1.19. The van der Waals surface area contributed by atoms with Crippen LogP contribution in [0.4, 0.5) is 4.79 Å². The molecule has 3 N–H and O–H groups in total. The minimum Gasteiger partial charge on any atom is -0.461 e. The SMILES string of the molecule is NC(=O)NC(=O)C(=O)c1ccco1. The lowest BCUT2D eigenvalue weighted by molar-refractivity contribution is -0.116. The minimum absolute atomic E-state index is 0.140. The number of furan rings is 1. The van der Waals surface area contributed by atoms with Crippen molar-refractivity contribution in [3.63, 3.8) is 0 Å². The van der Waals surface area contributed by atoms with Crippen molar-refractivity contribution >= 4 is 17.7 Å². The molecule has 13 heavy (non-hydrogen) atoms. The van der Waals surface area contributed by atoms with E-state index in [0.717, 1.165) is 0 Å². The molecule has 0 radical (unpaired) electrons. The Morgan fingerprint density at radius 2 is 2.08 bits per heavy atom. The van der Waals surface area contributed by atoms with Crippen molar-refractivity contribution in [1.29, 1.82) is 0 Å². The van der Waals surface area contributed by atoms with Crippen LogP contribution in [0.1, 0.15) is 10.6 Å². The molecule has 0 atom stereocenters. The van der Waals surface area contributed by atoms with Crippen molar-refractivity contribution in [1.82, 2.24) is 5.32 Å². The highest BCUT2D eigenvalue weighted by atomic mass is 16.3. The Hall–Kier alpha value is -2.11. The zero-order chi connectivity index (χ0) is 9.84. The largest absolute Gasteiger partial charge is 0.461 e. The Kier molecular flexibility index (Phi) is 2.44. The Labute approximate surface area is 72.7 Å². The summed E-state index contributed by atoms with van der Waals surface area (Å²) >= 11 is 0. The molecule has 1 rings (SSSR count). The summed E-state index contributed by atoms with van der Waals surface area (Å²) in [6.07, 6.45) is 1.24. The van der Waals surface area contributed by atoms with Gasteiger partial charge in [-0.15, -0.1) is 0 Å². The van der Waals surface area contributed by atoms with Gasteiger partial charge in [0.05, 0.1) is 6.26 Å². The van der Waals surface area contributed by atoms with Crippen molar-refractivity contribution in [2.75, 3.05) is 0 Å². The summed E-state index contributed by atoms with van der Waals surface area (Å²) in [4.78, 5) is 32.0. The average molecular weight is 182 g/mol. The van der Waals surface area contributed by atoms with E-state index in [1.165, 1.54) is 18.4 Å². The van der Waals surface area contributed by atoms with E-state index in [-0.39, 0.29) is 5.76 Å². The molecule has 0 spiro atoms. The Balaban J connectivity index is 2.69. The molecule has 1 aromatic heterocycles. The molecule has 0 aliphatic carbocycles. The molecular weight excluding hydrogens is 176 g/mol. The van der Waals surface area contributed by atoms with Gasteiger partial charge in [0.1, 0.15) is 0 Å². The van der Waals surface area contributed by atoms with Crippen LogP contribution in [0, 0.1) is 0 Å². The predicted molar refractivity (Wildman–Crippen MR) is 40.8 cm³/mol. The number of nitrogens with two attached hydrogens (primary N) is 1. The lowest BCUT2D eigenvalue weighted by atomic mass is 10.3. The number of ketones is 1. The van der Waals surface area contributed by atoms with Crippen molar-refractivity contribution < 1.29 is 18.8 Å². The molecule has 0 aromatic carbocycles. The number of imide groups is 1. The maximum Gasteiger partial charge on any atom is 0.319 e. The summed E-state index contributed by atoms with van der Waals surface area (Å²) in [6, 6.07) is 1.68. The van der Waals surface area contributed by atoms with Crippen LogP contribution in [-0.4, -0.2) is 17.7 Å². The fraction of sp³-hybridized carbons (Fsp3) is 0. The smallest absolute Gasteiger partial charge is 0.319 e. The van der Waals surface area contributed by atoms with Gasteiger partial charge in [-0.25, -0.2) is 4.79 Å². The zero-order valence-electron chi connectivity index (χ0n) is 6.44. The summed E-state index contributed by atoms with van der Waals surface area (Å²) in [5.74, 6) is -2.19. The van der Waals surface area contributed by atoms with E-state index in [4.69, 9.17) is 0 Å². The van der Waals surface area contributed by atoms with Crippen molar-refractivity contribution in [2.24, 2.45) is 5.73 Å². The number of carbonyl (C=O) groups is 3. The maximum absolute atomic E-state index is 11.0. The zero-order valence-corrected chi connectivity index (χ0v) is 6.44. The van der Waals surface area contributed by atoms with Crippen molar-refractivity contribution in [3.8, 4) is 0 Å². The molecule has 3 amide bonds. The molecule has 0 unspecified atom stereocenters. The first-order valence-electron chi connectivity index (χ1n) is 3.30. The van der Waals surface area contributed by atoms with Crippen LogP contribution in [0.15, 0.2) is 22.8 Å². The van der Waals surface area contributed by atoms with Gasteiger partial charge < -0.3 is 10.2 Å². The van der Waals surface area contributed by atoms with E-state index >= 15 is 0 Å². The lowest BCUT2D eigenvalue weighted by Gasteiger charge is -1.95. The minimum atomic E-state index is -1.11. The summed E-state index contributed by atoms with van der Waals surface area (Å²) < 4.78 is 4.64. The quantitative estimate of drug-likeness (QED) is 0.482. The number of hydrogen-bond donors (Lipinski definition) is 2. The molecule has 6 nitrogen and oxygen atoms in total. The highest BCUT2D eigenvalue weighted by Gasteiger charge is 2.19. The molecule has 0 fully saturated rings. The molecular formula is C7H6N2O4. The number of nitrogens with one attached hydrogen (secondary N) is 1. The van der Waals surface area contributed by atoms with Crippen molar-refractivity contribution in [3.05, 3.63) is 24.2 Å². The third kappa shape index (κ3) is 2.16. The molecule has 0 saturated carbocycles. The highest BCUT2D eigenvalue weighted by Crippen LogP contribution is 2.00. The fourth-order valence-electron chi connectivity index (χ4n) is 0.688. The van der Waals surface area contributed by atoms with Gasteiger partial charge in [0, 0.05) is 0 Å². The molecule has 0 aliphatic rings. The second-order valence-electron chi connectivity index (χ2n) is 2.12. The van der Waals surface area contributed by atoms with Gasteiger partial charge in [-0.1, -0.05) is 0 Å². The molecule has 6 heteroatoms. The van der Waals surface area contributed by atoms with E-state index in [0.29, 0.717) is 0 Å². The molecule has 1 heterocycles. The molecule has 68 valence electrons. The topological polar surface area (TPSA) is 102 Å². The number of urea groups is 1. The number of rotatable bonds is 2. The molecule has 0 aliphatic heterocycles. The lowest BCUT2D eigenvalue weighted by Crippen LogP contribution is -2.39. The van der Waals surface area contributed by atoms with Crippen molar-refractivity contribution in [2.45, 2.75) is 0 Å². The number of carbonyl (C=O) groups excluding carboxylic acids is 3. The van der Waals surface area contributed by atoms with Gasteiger partial charge in [-0.2, -0.15) is 0 Å². The van der Waals surface area contributed by atoms with Crippen LogP contribution >= 0.6 is 0 Å². The average Bonchev–Trinajstić information content (AvgIpc) is 2.53. The van der Waals surface area contributed by atoms with E-state index in [1.807, 2.05) is 0 Å². The second-order valence-corrected chi connectivity index (χ2v) is 2.12. The van der Waals surface area contributed by atoms with Gasteiger partial charge in [0.15, 0.2) is 5.76 Å². The Bertz CT molecular complexity index is 341. The first-order valence-corrected chi connectivity index (χ1v) is 3.30. The maximum atomic E-state index is 11.0. The van der Waals surface area contributed by atoms with Gasteiger partial charge in [0.2, 0.25) is 0 Å². The number of Topliss-reactive ketones (excluding diaryl/α,β-unsaturated/α-hetero) is 1. The van der Waals surface area contributed by atoms with Gasteiger partial charge in [-0.05, 0) is 12.1 Å². The predicted octanol–water partition coefficient (Wildman–Crippen LogP) is -0.343. The van der Waals surface area contributed by atoms with Crippen LogP contribution in [0.2, 0.25) is 0 Å².